The van der Waals surface area contributed by atoms with Crippen LogP contribution in [0.3, 0.4) is 0 Å². The van der Waals surface area contributed by atoms with Gasteiger partial charge in [0.25, 0.3) is 0 Å². The average molecular weight is 170 g/mol. The first kappa shape index (κ1) is 8.96. The Hall–Kier alpha value is 0.960. The quantitative estimate of drug-likeness (QED) is 0.488. The molecule has 0 aliphatic rings. The predicted octanol–water partition coefficient (Wildman–Crippen LogP) is 2.02. The van der Waals surface area contributed by atoms with Gasteiger partial charge >= 0.3 is 0 Å². The molecule has 2 unspecified atom stereocenters. The molecule has 0 bridgehead atoms. The largest absolute Gasteiger partial charge is 0.357 e. The molecule has 2 atom stereocenters. The molecule has 0 saturated carbocycles. The molecule has 0 saturated heterocycles. The van der Waals surface area contributed by atoms with Crippen LogP contribution in [0.2, 0.25) is 0 Å². The zero-order valence-electron chi connectivity index (χ0n) is 5.03. The molecule has 0 aliphatic carbocycles. The molecule has 1 nitrogen and oxygen atoms in total. The van der Waals surface area contributed by atoms with Crippen molar-refractivity contribution in [3.63, 3.8) is 0 Å². The third kappa shape index (κ3) is 3.08. The van der Waals surface area contributed by atoms with Crippen LogP contribution in [-0.4, -0.2) is 10.6 Å². The van der Waals surface area contributed by atoms with Gasteiger partial charge in [0, 0.05) is 5.66 Å². The van der Waals surface area contributed by atoms with Crippen molar-refractivity contribution in [1.82, 2.24) is 0 Å². The molecular weight excluding hydrogens is 159 g/mol. The summed E-state index contributed by atoms with van der Waals surface area (Å²) in [4.78, 5) is 9.08. The van der Waals surface area contributed by atoms with Gasteiger partial charge in [-0.15, -0.1) is 12.2 Å². The normalized spacial score (nSPS) is 22.0. The molecule has 0 heterocycles. The van der Waals surface area contributed by atoms with Crippen molar-refractivity contribution in [2.75, 3.05) is 0 Å². The lowest BCUT2D eigenvalue weighted by Crippen LogP contribution is -1.94. The van der Waals surface area contributed by atoms with E-state index in [1.54, 1.807) is 0 Å². The second-order valence-electron chi connectivity index (χ2n) is 1.85. The van der Waals surface area contributed by atoms with E-state index >= 15 is 0 Å². The molecular formula is C4H11OPS2. The monoisotopic (exact) mass is 170 g/mol. The van der Waals surface area contributed by atoms with Crippen molar-refractivity contribution >= 4 is 29.5 Å². The number of hydrogen-bond acceptors (Lipinski definition) is 1. The van der Waals surface area contributed by atoms with Gasteiger partial charge in [0.1, 0.15) is 5.47 Å². The van der Waals surface area contributed by atoms with Crippen LogP contribution in [-0.2, 0) is 11.8 Å². The topological polar surface area (TPSA) is 20.2 Å². The van der Waals surface area contributed by atoms with Crippen LogP contribution >= 0.6 is 17.7 Å². The molecule has 1 N–H and O–H groups in total. The molecule has 0 aromatic heterocycles. The number of thiol groups is 1. The van der Waals surface area contributed by atoms with Crippen molar-refractivity contribution in [1.29, 1.82) is 0 Å². The highest BCUT2D eigenvalue weighted by Crippen LogP contribution is 2.52. The number of rotatable bonds is 2. The Morgan fingerprint density at radius 1 is 1.88 bits per heavy atom. The molecule has 0 spiro atoms. The zero-order chi connectivity index (χ0) is 6.78. The van der Waals surface area contributed by atoms with Gasteiger partial charge in [-0.3, -0.25) is 0 Å². The van der Waals surface area contributed by atoms with Crippen LogP contribution in [0.4, 0.5) is 0 Å². The van der Waals surface area contributed by atoms with E-state index in [1.165, 1.54) is 0 Å². The fourth-order valence-corrected chi connectivity index (χ4v) is 1.65. The molecule has 0 fully saturated rings. The van der Waals surface area contributed by atoms with E-state index in [-0.39, 0.29) is 5.66 Å². The molecule has 50 valence electrons. The molecule has 0 aromatic carbocycles. The van der Waals surface area contributed by atoms with Crippen LogP contribution in [0.5, 0.6) is 0 Å². The molecule has 0 radical (unpaired) electrons. The van der Waals surface area contributed by atoms with Gasteiger partial charge in [-0.05, 0) is 6.42 Å². The first-order valence-electron chi connectivity index (χ1n) is 2.53. The lowest BCUT2D eigenvalue weighted by atomic mass is 10.4. The first-order valence-corrected chi connectivity index (χ1v) is 6.51. The van der Waals surface area contributed by atoms with Gasteiger partial charge in [-0.2, -0.15) is 0 Å². The van der Waals surface area contributed by atoms with Gasteiger partial charge in [0.05, 0.1) is 0 Å². The molecule has 0 rings (SSSR count). The average Bonchev–Trinajstić information content (AvgIpc) is 1.62. The van der Waals surface area contributed by atoms with E-state index in [2.05, 4.69) is 12.2 Å². The smallest absolute Gasteiger partial charge is 0.116 e. The second-order valence-corrected chi connectivity index (χ2v) is 8.22. The Morgan fingerprint density at radius 3 is 2.25 bits per heavy atom. The van der Waals surface area contributed by atoms with Crippen molar-refractivity contribution in [2.24, 2.45) is 0 Å². The Labute approximate surface area is 60.7 Å². The molecule has 0 aliphatic heterocycles. The van der Waals surface area contributed by atoms with Crippen molar-refractivity contribution in [3.8, 4) is 0 Å². The van der Waals surface area contributed by atoms with Crippen molar-refractivity contribution in [3.05, 3.63) is 0 Å². The summed E-state index contributed by atoms with van der Waals surface area (Å²) in [6.45, 7) is 3.92. The fourth-order valence-electron chi connectivity index (χ4n) is 0.238. The summed E-state index contributed by atoms with van der Waals surface area (Å²) in [6.07, 6.45) is 0.914. The minimum Gasteiger partial charge on any atom is -0.357 e. The molecule has 4 heteroatoms. The van der Waals surface area contributed by atoms with Gasteiger partial charge in [-0.1, -0.05) is 25.7 Å². The van der Waals surface area contributed by atoms with Crippen LogP contribution in [0.15, 0.2) is 0 Å². The lowest BCUT2D eigenvalue weighted by molar-refractivity contribution is 0.620. The SMILES string of the molecule is CCC(C)P(O)(=S)S. The van der Waals surface area contributed by atoms with Crippen molar-refractivity contribution in [2.45, 2.75) is 25.9 Å². The highest BCUT2D eigenvalue weighted by atomic mass is 32.9. The van der Waals surface area contributed by atoms with Crippen LogP contribution < -0.4 is 0 Å². The molecule has 0 amide bonds. The summed E-state index contributed by atoms with van der Waals surface area (Å²) in [6, 6.07) is 0. The fraction of sp³-hybridized carbons (Fsp3) is 1.00. The van der Waals surface area contributed by atoms with Gasteiger partial charge < -0.3 is 4.89 Å². The van der Waals surface area contributed by atoms with E-state index in [4.69, 9.17) is 16.7 Å². The van der Waals surface area contributed by atoms with E-state index in [1.807, 2.05) is 13.8 Å². The maximum absolute atomic E-state index is 9.08. The predicted molar refractivity (Wildman–Crippen MR) is 45.2 cm³/mol. The highest BCUT2D eigenvalue weighted by Gasteiger charge is 2.13. The molecule has 8 heavy (non-hydrogen) atoms. The maximum Gasteiger partial charge on any atom is 0.116 e. The van der Waals surface area contributed by atoms with E-state index in [0.717, 1.165) is 6.42 Å². The summed E-state index contributed by atoms with van der Waals surface area (Å²) < 4.78 is 0. The van der Waals surface area contributed by atoms with Gasteiger partial charge in [0.2, 0.25) is 0 Å². The maximum atomic E-state index is 9.08. The summed E-state index contributed by atoms with van der Waals surface area (Å²) in [5, 5.41) is 0. The number of hydrogen-bond donors (Lipinski definition) is 2. The van der Waals surface area contributed by atoms with Crippen molar-refractivity contribution < 1.29 is 4.89 Å². The van der Waals surface area contributed by atoms with E-state index in [9.17, 15) is 0 Å². The minimum absolute atomic E-state index is 0.195. The minimum atomic E-state index is -2.23. The highest BCUT2D eigenvalue weighted by molar-refractivity contribution is 8.61. The third-order valence-corrected chi connectivity index (χ3v) is 4.94. The van der Waals surface area contributed by atoms with Crippen LogP contribution in [0.25, 0.3) is 0 Å². The Kier molecular flexibility index (Phi) is 3.60. The van der Waals surface area contributed by atoms with Gasteiger partial charge in [-0.25, -0.2) is 0 Å². The zero-order valence-corrected chi connectivity index (χ0v) is 7.64. The van der Waals surface area contributed by atoms with E-state index in [0.29, 0.717) is 0 Å². The summed E-state index contributed by atoms with van der Waals surface area (Å²) in [5.41, 5.74) is -2.03. The summed E-state index contributed by atoms with van der Waals surface area (Å²) in [5.74, 6) is 0. The van der Waals surface area contributed by atoms with Crippen LogP contribution in [0.1, 0.15) is 20.3 Å². The Balaban J connectivity index is 3.82. The van der Waals surface area contributed by atoms with E-state index < -0.39 is 5.47 Å². The van der Waals surface area contributed by atoms with Gasteiger partial charge in [0.15, 0.2) is 0 Å². The Bertz CT molecular complexity index is 109. The second kappa shape index (κ2) is 3.21. The summed E-state index contributed by atoms with van der Waals surface area (Å²) in [7, 11) is 0. The third-order valence-electron chi connectivity index (χ3n) is 1.17. The molecule has 0 aromatic rings. The first-order chi connectivity index (χ1) is 3.48. The Morgan fingerprint density at radius 2 is 2.25 bits per heavy atom. The summed E-state index contributed by atoms with van der Waals surface area (Å²) >= 11 is 8.65. The standard InChI is InChI=1S/C4H11OPS2/c1-3-4(2)6(5,7)8/h4H,3H2,1-2H3,(H2,5,7,8). The lowest BCUT2D eigenvalue weighted by Gasteiger charge is -2.13. The van der Waals surface area contributed by atoms with Crippen LogP contribution in [0, 0.1) is 0 Å².